The van der Waals surface area contributed by atoms with Crippen LogP contribution < -0.4 is 15.8 Å². The molecule has 1 atom stereocenters. The normalized spacial score (nSPS) is 11.7. The summed E-state index contributed by atoms with van der Waals surface area (Å²) in [5, 5.41) is 11.6. The Labute approximate surface area is 117 Å². The Morgan fingerprint density at radius 2 is 2.15 bits per heavy atom. The van der Waals surface area contributed by atoms with Crippen LogP contribution in [0.25, 0.3) is 0 Å². The maximum atomic E-state index is 12.1. The van der Waals surface area contributed by atoms with Crippen molar-refractivity contribution >= 4 is 17.6 Å². The van der Waals surface area contributed by atoms with Gasteiger partial charge >= 0.3 is 5.97 Å². The predicted molar refractivity (Wildman–Crippen MR) is 75.8 cm³/mol. The number of nitrogens with one attached hydrogen (secondary N) is 1. The van der Waals surface area contributed by atoms with Crippen molar-refractivity contribution in [3.05, 3.63) is 23.8 Å². The van der Waals surface area contributed by atoms with Gasteiger partial charge in [-0.25, -0.2) is 4.79 Å². The topological polar surface area (TPSA) is 102 Å². The molecule has 0 aliphatic carbocycles. The minimum Gasteiger partial charge on any atom is -0.497 e. The highest BCUT2D eigenvalue weighted by Crippen LogP contribution is 2.19. The number of amides is 1. The van der Waals surface area contributed by atoms with Crippen molar-refractivity contribution in [1.82, 2.24) is 5.32 Å². The van der Waals surface area contributed by atoms with Gasteiger partial charge in [-0.3, -0.25) is 4.79 Å². The lowest BCUT2D eigenvalue weighted by Crippen LogP contribution is -2.41. The quantitative estimate of drug-likeness (QED) is 0.659. The third kappa shape index (κ3) is 4.15. The van der Waals surface area contributed by atoms with Crippen LogP contribution >= 0.6 is 0 Å². The highest BCUT2D eigenvalue weighted by atomic mass is 16.5. The molecule has 0 saturated heterocycles. The fourth-order valence-corrected chi connectivity index (χ4v) is 1.76. The van der Waals surface area contributed by atoms with Gasteiger partial charge in [0.25, 0.3) is 5.91 Å². The van der Waals surface area contributed by atoms with E-state index < -0.39 is 17.9 Å². The molecule has 1 rings (SSSR count). The number of ether oxygens (including phenoxy) is 1. The first-order valence-electron chi connectivity index (χ1n) is 6.46. The first-order chi connectivity index (χ1) is 9.49. The van der Waals surface area contributed by atoms with Gasteiger partial charge in [-0.1, -0.05) is 19.8 Å². The number of nitrogens with two attached hydrogens (primary N) is 1. The number of carboxylic acid groups (broad SMARTS) is 1. The monoisotopic (exact) mass is 280 g/mol. The van der Waals surface area contributed by atoms with E-state index in [1.807, 2.05) is 6.92 Å². The number of carboxylic acids is 1. The molecular weight excluding hydrogens is 260 g/mol. The van der Waals surface area contributed by atoms with Crippen molar-refractivity contribution in [3.63, 3.8) is 0 Å². The zero-order valence-corrected chi connectivity index (χ0v) is 11.7. The molecule has 0 heterocycles. The molecular formula is C14H20N2O4. The summed E-state index contributed by atoms with van der Waals surface area (Å²) in [5.41, 5.74) is 6.23. The number of unbranched alkanes of at least 4 members (excludes halogenated alkanes) is 1. The molecule has 110 valence electrons. The molecule has 4 N–H and O–H groups in total. The summed E-state index contributed by atoms with van der Waals surface area (Å²) in [7, 11) is 1.48. The summed E-state index contributed by atoms with van der Waals surface area (Å²) in [4.78, 5) is 23.2. The second-order valence-corrected chi connectivity index (χ2v) is 4.46. The Kier molecular flexibility index (Phi) is 5.83. The van der Waals surface area contributed by atoms with Crippen molar-refractivity contribution in [2.24, 2.45) is 0 Å². The summed E-state index contributed by atoms with van der Waals surface area (Å²) in [6.45, 7) is 1.96. The van der Waals surface area contributed by atoms with Crippen molar-refractivity contribution in [1.29, 1.82) is 0 Å². The molecule has 1 aromatic carbocycles. The minimum atomic E-state index is -1.05. The predicted octanol–water partition coefficient (Wildman–Crippen LogP) is 1.65. The van der Waals surface area contributed by atoms with E-state index in [0.717, 1.165) is 12.8 Å². The fraction of sp³-hybridized carbons (Fsp3) is 0.429. The summed E-state index contributed by atoms with van der Waals surface area (Å²) < 4.78 is 5.03. The summed E-state index contributed by atoms with van der Waals surface area (Å²) in [6.07, 6.45) is 1.98. The number of benzene rings is 1. The van der Waals surface area contributed by atoms with Gasteiger partial charge in [0.05, 0.1) is 12.7 Å². The molecule has 0 fully saturated rings. The molecule has 0 saturated carbocycles. The first kappa shape index (κ1) is 15.8. The smallest absolute Gasteiger partial charge is 0.326 e. The van der Waals surface area contributed by atoms with E-state index in [-0.39, 0.29) is 11.3 Å². The van der Waals surface area contributed by atoms with Crippen LogP contribution in [0.5, 0.6) is 5.75 Å². The van der Waals surface area contributed by atoms with Crippen LogP contribution in [0.15, 0.2) is 18.2 Å². The number of hydrogen-bond acceptors (Lipinski definition) is 4. The standard InChI is InChI=1S/C14H20N2O4/c1-3-4-5-12(14(18)19)16-13(17)10-8-9(20-2)6-7-11(10)15/h6-8,12H,3-5,15H2,1-2H3,(H,16,17)(H,18,19)/t12-/m0/s1. The van der Waals surface area contributed by atoms with Crippen molar-refractivity contribution in [2.45, 2.75) is 32.2 Å². The average molecular weight is 280 g/mol. The van der Waals surface area contributed by atoms with E-state index in [9.17, 15) is 9.59 Å². The van der Waals surface area contributed by atoms with E-state index in [1.165, 1.54) is 13.2 Å². The number of hydrogen-bond donors (Lipinski definition) is 3. The van der Waals surface area contributed by atoms with Gasteiger partial charge in [-0.05, 0) is 24.6 Å². The Bertz CT molecular complexity index is 488. The number of methoxy groups -OCH3 is 1. The van der Waals surface area contributed by atoms with Gasteiger partial charge in [0.15, 0.2) is 0 Å². The lowest BCUT2D eigenvalue weighted by molar-refractivity contribution is -0.139. The highest BCUT2D eigenvalue weighted by Gasteiger charge is 2.21. The number of carbonyl (C=O) groups is 2. The summed E-state index contributed by atoms with van der Waals surface area (Å²) in [6, 6.07) is 3.77. The molecule has 1 aromatic rings. The Morgan fingerprint density at radius 1 is 1.45 bits per heavy atom. The van der Waals surface area contributed by atoms with Crippen LogP contribution in [0.1, 0.15) is 36.5 Å². The number of aliphatic carboxylic acids is 1. The van der Waals surface area contributed by atoms with Gasteiger partial charge in [0.2, 0.25) is 0 Å². The van der Waals surface area contributed by atoms with Crippen LogP contribution in [0.4, 0.5) is 5.69 Å². The average Bonchev–Trinajstić information content (AvgIpc) is 2.43. The molecule has 0 bridgehead atoms. The van der Waals surface area contributed by atoms with E-state index in [1.54, 1.807) is 12.1 Å². The second kappa shape index (κ2) is 7.37. The van der Waals surface area contributed by atoms with Crippen LogP contribution in [0.3, 0.4) is 0 Å². The number of anilines is 1. The zero-order chi connectivity index (χ0) is 15.1. The highest BCUT2D eigenvalue weighted by molar-refractivity contribution is 6.01. The maximum Gasteiger partial charge on any atom is 0.326 e. The molecule has 0 radical (unpaired) electrons. The van der Waals surface area contributed by atoms with Crippen molar-refractivity contribution < 1.29 is 19.4 Å². The van der Waals surface area contributed by atoms with E-state index >= 15 is 0 Å². The van der Waals surface area contributed by atoms with Gasteiger partial charge in [0.1, 0.15) is 11.8 Å². The molecule has 0 aromatic heterocycles. The Morgan fingerprint density at radius 3 is 2.70 bits per heavy atom. The zero-order valence-electron chi connectivity index (χ0n) is 11.7. The summed E-state index contributed by atoms with van der Waals surface area (Å²) in [5.74, 6) is -1.07. The molecule has 1 amide bonds. The van der Waals surface area contributed by atoms with Crippen LogP contribution in [0.2, 0.25) is 0 Å². The third-order valence-corrected chi connectivity index (χ3v) is 2.95. The molecule has 0 aliphatic heterocycles. The second-order valence-electron chi connectivity index (χ2n) is 4.46. The van der Waals surface area contributed by atoms with Crippen LogP contribution in [0, 0.1) is 0 Å². The van der Waals surface area contributed by atoms with Crippen molar-refractivity contribution in [2.75, 3.05) is 12.8 Å². The van der Waals surface area contributed by atoms with E-state index in [0.29, 0.717) is 12.2 Å². The van der Waals surface area contributed by atoms with E-state index in [2.05, 4.69) is 5.32 Å². The van der Waals surface area contributed by atoms with Crippen LogP contribution in [-0.4, -0.2) is 30.1 Å². The Balaban J connectivity index is 2.85. The lowest BCUT2D eigenvalue weighted by atomic mass is 10.1. The molecule has 0 unspecified atom stereocenters. The first-order valence-corrected chi connectivity index (χ1v) is 6.46. The molecule has 20 heavy (non-hydrogen) atoms. The number of rotatable bonds is 7. The van der Waals surface area contributed by atoms with E-state index in [4.69, 9.17) is 15.6 Å². The maximum absolute atomic E-state index is 12.1. The molecule has 6 heteroatoms. The summed E-state index contributed by atoms with van der Waals surface area (Å²) >= 11 is 0. The van der Waals surface area contributed by atoms with Crippen LogP contribution in [-0.2, 0) is 4.79 Å². The van der Waals surface area contributed by atoms with Gasteiger partial charge in [-0.2, -0.15) is 0 Å². The fourth-order valence-electron chi connectivity index (χ4n) is 1.76. The molecule has 6 nitrogen and oxygen atoms in total. The number of nitrogen functional groups attached to an aromatic ring is 1. The minimum absolute atomic E-state index is 0.215. The van der Waals surface area contributed by atoms with Crippen molar-refractivity contribution in [3.8, 4) is 5.75 Å². The Hall–Kier alpha value is -2.24. The SMILES string of the molecule is CCCC[C@H](NC(=O)c1cc(OC)ccc1N)C(=O)O. The van der Waals surface area contributed by atoms with Gasteiger partial charge in [0, 0.05) is 5.69 Å². The molecule has 0 spiro atoms. The van der Waals surface area contributed by atoms with Gasteiger partial charge in [-0.15, -0.1) is 0 Å². The van der Waals surface area contributed by atoms with Gasteiger partial charge < -0.3 is 20.9 Å². The lowest BCUT2D eigenvalue weighted by Gasteiger charge is -2.15. The molecule has 0 aliphatic rings. The third-order valence-electron chi connectivity index (χ3n) is 2.95. The number of carbonyl (C=O) groups excluding carboxylic acids is 1. The largest absolute Gasteiger partial charge is 0.497 e.